The number of hydrogen-bond acceptors (Lipinski definition) is 2. The maximum absolute atomic E-state index is 12.0. The van der Waals surface area contributed by atoms with Crippen molar-refractivity contribution in [3.05, 3.63) is 22.7 Å². The van der Waals surface area contributed by atoms with E-state index in [0.29, 0.717) is 0 Å². The fourth-order valence-electron chi connectivity index (χ4n) is 0.690. The Balaban J connectivity index is 3.30. The third-order valence-electron chi connectivity index (χ3n) is 1.24. The van der Waals surface area contributed by atoms with Crippen LogP contribution in [0.15, 0.2) is 6.07 Å². The van der Waals surface area contributed by atoms with Crippen LogP contribution in [0, 0.1) is 0 Å². The summed E-state index contributed by atoms with van der Waals surface area (Å²) in [5.41, 5.74) is -1.73. The highest BCUT2D eigenvalue weighted by molar-refractivity contribution is 6.29. The van der Waals surface area contributed by atoms with Crippen molar-refractivity contribution in [3.8, 4) is 0 Å². The minimum atomic E-state index is -5.06. The molecule has 0 aliphatic heterocycles. The highest BCUT2D eigenvalue weighted by atomic mass is 35.5. The van der Waals surface area contributed by atoms with Gasteiger partial charge in [0.25, 0.3) is 0 Å². The predicted molar refractivity (Wildman–Crippen MR) is 37.0 cm³/mol. The van der Waals surface area contributed by atoms with Gasteiger partial charge >= 0.3 is 12.4 Å². The van der Waals surface area contributed by atoms with Crippen LogP contribution in [-0.4, -0.2) is 9.97 Å². The second-order valence-electron chi connectivity index (χ2n) is 2.40. The number of halogens is 7. The number of hydrogen-bond donors (Lipinski definition) is 0. The lowest BCUT2D eigenvalue weighted by molar-refractivity contribution is -0.152. The van der Waals surface area contributed by atoms with Crippen LogP contribution in [0.2, 0.25) is 5.15 Å². The molecule has 0 bridgehead atoms. The van der Waals surface area contributed by atoms with Crippen molar-refractivity contribution in [1.82, 2.24) is 9.97 Å². The molecule has 0 amide bonds. The van der Waals surface area contributed by atoms with E-state index < -0.39 is 29.0 Å². The summed E-state index contributed by atoms with van der Waals surface area (Å²) in [5.74, 6) is -1.91. The Morgan fingerprint density at radius 3 is 1.87 bits per heavy atom. The average Bonchev–Trinajstić information content (AvgIpc) is 1.99. The predicted octanol–water partition coefficient (Wildman–Crippen LogP) is 3.17. The SMILES string of the molecule is FC(F)(F)c1cc(Cl)nc(C(F)(F)F)n1. The second-order valence-corrected chi connectivity index (χ2v) is 2.78. The molecule has 0 aliphatic carbocycles. The molecule has 0 unspecified atom stereocenters. The van der Waals surface area contributed by atoms with E-state index >= 15 is 0 Å². The molecule has 0 fully saturated rings. The van der Waals surface area contributed by atoms with Crippen LogP contribution in [0.25, 0.3) is 0 Å². The number of rotatable bonds is 0. The molecule has 2 nitrogen and oxygen atoms in total. The molecule has 0 atom stereocenters. The fraction of sp³-hybridized carbons (Fsp3) is 0.333. The summed E-state index contributed by atoms with van der Waals surface area (Å²) >= 11 is 5.01. The Labute approximate surface area is 83.9 Å². The smallest absolute Gasteiger partial charge is 0.220 e. The van der Waals surface area contributed by atoms with Gasteiger partial charge in [0.1, 0.15) is 10.8 Å². The van der Waals surface area contributed by atoms with Gasteiger partial charge in [-0.2, -0.15) is 26.3 Å². The highest BCUT2D eigenvalue weighted by Gasteiger charge is 2.40. The first-order chi connectivity index (χ1) is 6.60. The lowest BCUT2D eigenvalue weighted by Crippen LogP contribution is -2.16. The van der Waals surface area contributed by atoms with Gasteiger partial charge in [0.2, 0.25) is 5.82 Å². The Bertz CT molecular complexity index is 339. The van der Waals surface area contributed by atoms with Crippen LogP contribution in [0.3, 0.4) is 0 Å². The normalized spacial score (nSPS) is 13.0. The van der Waals surface area contributed by atoms with E-state index in [2.05, 4.69) is 9.97 Å². The van der Waals surface area contributed by atoms with Crippen molar-refractivity contribution in [2.75, 3.05) is 0 Å². The second kappa shape index (κ2) is 3.51. The molecule has 84 valence electrons. The van der Waals surface area contributed by atoms with E-state index in [0.717, 1.165) is 0 Å². The van der Waals surface area contributed by atoms with Crippen molar-refractivity contribution < 1.29 is 26.3 Å². The maximum atomic E-state index is 12.0. The molecule has 0 N–H and O–H groups in total. The molecule has 0 spiro atoms. The van der Waals surface area contributed by atoms with E-state index in [1.165, 1.54) is 0 Å². The van der Waals surface area contributed by atoms with Crippen LogP contribution in [0.4, 0.5) is 26.3 Å². The van der Waals surface area contributed by atoms with Crippen LogP contribution in [0.5, 0.6) is 0 Å². The van der Waals surface area contributed by atoms with E-state index in [-0.39, 0.29) is 6.07 Å². The first kappa shape index (κ1) is 12.0. The highest BCUT2D eigenvalue weighted by Crippen LogP contribution is 2.32. The Morgan fingerprint density at radius 2 is 1.47 bits per heavy atom. The molecular formula is C6HClF6N2. The third kappa shape index (κ3) is 2.95. The van der Waals surface area contributed by atoms with Gasteiger partial charge in [-0.05, 0) is 0 Å². The van der Waals surface area contributed by atoms with E-state index in [1.807, 2.05) is 0 Å². The molecule has 1 rings (SSSR count). The minimum absolute atomic E-state index is 0.219. The number of nitrogens with zero attached hydrogens (tertiary/aromatic N) is 2. The topological polar surface area (TPSA) is 25.8 Å². The van der Waals surface area contributed by atoms with Gasteiger partial charge in [-0.1, -0.05) is 11.6 Å². The number of aromatic nitrogens is 2. The quantitative estimate of drug-likeness (QED) is 0.522. The summed E-state index contributed by atoms with van der Waals surface area (Å²) in [6.07, 6.45) is -10.1. The fourth-order valence-corrected chi connectivity index (χ4v) is 0.873. The summed E-state index contributed by atoms with van der Waals surface area (Å²) < 4.78 is 72.0. The Kier molecular flexibility index (Phi) is 2.81. The molecule has 0 aliphatic rings. The van der Waals surface area contributed by atoms with Crippen LogP contribution in [0.1, 0.15) is 11.5 Å². The third-order valence-corrected chi connectivity index (χ3v) is 1.43. The molecule has 1 aromatic heterocycles. The van der Waals surface area contributed by atoms with Gasteiger partial charge in [-0.25, -0.2) is 9.97 Å². The first-order valence-electron chi connectivity index (χ1n) is 3.29. The molecule has 1 heterocycles. The van der Waals surface area contributed by atoms with Gasteiger partial charge in [-0.15, -0.1) is 0 Å². The summed E-state index contributed by atoms with van der Waals surface area (Å²) in [6.45, 7) is 0. The molecule has 0 aromatic carbocycles. The maximum Gasteiger partial charge on any atom is 0.451 e. The lowest BCUT2D eigenvalue weighted by Gasteiger charge is -2.09. The summed E-state index contributed by atoms with van der Waals surface area (Å²) in [4.78, 5) is 4.98. The number of alkyl halides is 6. The molecule has 1 aromatic rings. The minimum Gasteiger partial charge on any atom is -0.220 e. The zero-order valence-electron chi connectivity index (χ0n) is 6.62. The largest absolute Gasteiger partial charge is 0.451 e. The van der Waals surface area contributed by atoms with Crippen molar-refractivity contribution in [3.63, 3.8) is 0 Å². The lowest BCUT2D eigenvalue weighted by atomic mass is 10.4. The first-order valence-corrected chi connectivity index (χ1v) is 3.67. The van der Waals surface area contributed by atoms with Crippen molar-refractivity contribution in [2.24, 2.45) is 0 Å². The molecular weight excluding hydrogens is 250 g/mol. The van der Waals surface area contributed by atoms with Gasteiger partial charge in [0.05, 0.1) is 0 Å². The van der Waals surface area contributed by atoms with E-state index in [9.17, 15) is 26.3 Å². The van der Waals surface area contributed by atoms with Crippen LogP contribution < -0.4 is 0 Å². The summed E-state index contributed by atoms with van der Waals surface area (Å²) in [7, 11) is 0. The Morgan fingerprint density at radius 1 is 0.933 bits per heavy atom. The van der Waals surface area contributed by atoms with Crippen LogP contribution in [-0.2, 0) is 12.4 Å². The molecule has 0 saturated heterocycles. The van der Waals surface area contributed by atoms with Gasteiger partial charge in [0.15, 0.2) is 0 Å². The average molecular weight is 251 g/mol. The molecule has 0 saturated carbocycles. The van der Waals surface area contributed by atoms with Crippen LogP contribution >= 0.6 is 11.6 Å². The van der Waals surface area contributed by atoms with E-state index in [1.54, 1.807) is 0 Å². The van der Waals surface area contributed by atoms with Gasteiger partial charge in [0, 0.05) is 6.07 Å². The molecule has 9 heteroatoms. The van der Waals surface area contributed by atoms with Gasteiger partial charge < -0.3 is 0 Å². The monoisotopic (exact) mass is 250 g/mol. The van der Waals surface area contributed by atoms with E-state index in [4.69, 9.17) is 11.6 Å². The van der Waals surface area contributed by atoms with Gasteiger partial charge in [-0.3, -0.25) is 0 Å². The van der Waals surface area contributed by atoms with Crippen molar-refractivity contribution >= 4 is 11.6 Å². The summed E-state index contributed by atoms with van der Waals surface area (Å²) in [6, 6.07) is 0.219. The van der Waals surface area contributed by atoms with Crippen molar-refractivity contribution in [1.29, 1.82) is 0 Å². The zero-order valence-corrected chi connectivity index (χ0v) is 7.37. The zero-order chi connectivity index (χ0) is 11.9. The molecule has 15 heavy (non-hydrogen) atoms. The Hall–Kier alpha value is -1.05. The van der Waals surface area contributed by atoms with Crippen molar-refractivity contribution in [2.45, 2.75) is 12.4 Å². The summed E-state index contributed by atoms with van der Waals surface area (Å²) in [5, 5.41) is -0.912. The standard InChI is InChI=1S/C6HClF6N2/c7-3-1-2(5(8,9)10)14-4(15-3)6(11,12)13/h1H. The molecule has 0 radical (unpaired) electrons.